The molecule has 9 aromatic rings. The van der Waals surface area contributed by atoms with Crippen LogP contribution in [0.15, 0.2) is 176 Å². The van der Waals surface area contributed by atoms with Crippen molar-refractivity contribution in [2.24, 2.45) is 0 Å². The number of pyridine rings is 1. The highest BCUT2D eigenvalue weighted by Gasteiger charge is 2.16. The molecule has 0 saturated carbocycles. The number of hydrogen-bond acceptors (Lipinski definition) is 3. The van der Waals surface area contributed by atoms with E-state index in [0.29, 0.717) is 5.82 Å². The summed E-state index contributed by atoms with van der Waals surface area (Å²) in [4.78, 5) is 15.3. The Kier molecular flexibility index (Phi) is 7.94. The van der Waals surface area contributed by atoms with Gasteiger partial charge in [-0.2, -0.15) is 0 Å². The van der Waals surface area contributed by atoms with Gasteiger partial charge in [0.15, 0.2) is 5.82 Å². The third-order valence-electron chi connectivity index (χ3n) is 9.75. The molecule has 7 aromatic carbocycles. The quantitative estimate of drug-likeness (QED) is 0.166. The van der Waals surface area contributed by atoms with Crippen LogP contribution in [-0.4, -0.2) is 15.0 Å². The number of fused-ring (bicyclic) bond motifs is 3. The molecule has 52 heavy (non-hydrogen) atoms. The van der Waals surface area contributed by atoms with E-state index in [1.54, 1.807) is 0 Å². The molecule has 2 heterocycles. The van der Waals surface area contributed by atoms with E-state index in [1.807, 2.05) is 12.1 Å². The summed E-state index contributed by atoms with van der Waals surface area (Å²) in [7, 11) is 0. The lowest BCUT2D eigenvalue weighted by Gasteiger charge is -2.16. The Bertz CT molecular complexity index is 2730. The van der Waals surface area contributed by atoms with E-state index in [-0.39, 0.29) is 0 Å². The summed E-state index contributed by atoms with van der Waals surface area (Å²) in [6.07, 6.45) is 0. The molecule has 0 spiro atoms. The molecule has 0 bridgehead atoms. The van der Waals surface area contributed by atoms with Crippen LogP contribution in [0.25, 0.3) is 88.8 Å². The van der Waals surface area contributed by atoms with Crippen molar-refractivity contribution in [1.82, 2.24) is 15.0 Å². The van der Waals surface area contributed by atoms with Crippen molar-refractivity contribution in [3.8, 4) is 67.3 Å². The Morgan fingerprint density at radius 2 is 0.827 bits per heavy atom. The fourth-order valence-corrected chi connectivity index (χ4v) is 7.34. The third-order valence-corrected chi connectivity index (χ3v) is 9.75. The third kappa shape index (κ3) is 6.03. The number of nitrogens with zero attached hydrogens (tertiary/aromatic N) is 3. The molecule has 0 amide bonds. The molecular formula is C49H35N3. The summed E-state index contributed by atoms with van der Waals surface area (Å²) < 4.78 is 0. The van der Waals surface area contributed by atoms with Gasteiger partial charge in [0.05, 0.1) is 11.4 Å². The number of benzene rings is 7. The summed E-state index contributed by atoms with van der Waals surface area (Å²) in [6.45, 7) is 4.11. The molecule has 0 N–H and O–H groups in total. The van der Waals surface area contributed by atoms with Crippen LogP contribution in [0.4, 0.5) is 0 Å². The van der Waals surface area contributed by atoms with E-state index in [9.17, 15) is 0 Å². The predicted octanol–water partition coefficient (Wildman–Crippen LogP) is 12.8. The average molecular weight is 666 g/mol. The summed E-state index contributed by atoms with van der Waals surface area (Å²) in [5.74, 6) is 0.678. The van der Waals surface area contributed by atoms with Crippen molar-refractivity contribution in [2.75, 3.05) is 0 Å². The van der Waals surface area contributed by atoms with Crippen molar-refractivity contribution in [3.63, 3.8) is 0 Å². The maximum Gasteiger partial charge on any atom is 0.160 e. The molecule has 0 aliphatic rings. The van der Waals surface area contributed by atoms with E-state index in [1.165, 1.54) is 32.7 Å². The van der Waals surface area contributed by atoms with Crippen LogP contribution < -0.4 is 0 Å². The minimum Gasteiger partial charge on any atom is -0.258 e. The Morgan fingerprint density at radius 3 is 1.58 bits per heavy atom. The first-order valence-corrected chi connectivity index (χ1v) is 17.7. The van der Waals surface area contributed by atoms with E-state index >= 15 is 0 Å². The maximum atomic E-state index is 5.33. The summed E-state index contributed by atoms with van der Waals surface area (Å²) in [5, 5.41) is 4.91. The maximum absolute atomic E-state index is 5.33. The molecule has 2 aromatic heterocycles. The lowest BCUT2D eigenvalue weighted by atomic mass is 9.90. The van der Waals surface area contributed by atoms with Gasteiger partial charge in [-0.15, -0.1) is 0 Å². The number of rotatable bonds is 6. The van der Waals surface area contributed by atoms with Crippen LogP contribution in [0.5, 0.6) is 0 Å². The Hall–Kier alpha value is -6.71. The van der Waals surface area contributed by atoms with Crippen molar-refractivity contribution < 1.29 is 0 Å². The molecular weight excluding hydrogens is 631 g/mol. The van der Waals surface area contributed by atoms with Crippen LogP contribution in [0.2, 0.25) is 0 Å². The average Bonchev–Trinajstić information content (AvgIpc) is 3.20. The van der Waals surface area contributed by atoms with Gasteiger partial charge in [-0.25, -0.2) is 9.97 Å². The molecule has 0 aliphatic carbocycles. The van der Waals surface area contributed by atoms with E-state index in [4.69, 9.17) is 15.0 Å². The first kappa shape index (κ1) is 31.3. The first-order chi connectivity index (χ1) is 25.6. The van der Waals surface area contributed by atoms with Gasteiger partial charge in [0.2, 0.25) is 0 Å². The highest BCUT2D eigenvalue weighted by atomic mass is 14.9. The standard InChI is InChI=1S/C49H35N3/c1-32-24-39(25-33(2)50-32)40-27-41(46-30-37-18-9-10-21-43(37)44-22-11-12-23-45(44)46)29-42(28-40)49-51-47(35-16-7-4-8-17-35)31-48(52-49)38-20-13-19-36(26-38)34-14-5-3-6-15-34/h3-31H,1-2H3. The van der Waals surface area contributed by atoms with Gasteiger partial charge in [-0.3, -0.25) is 4.98 Å². The highest BCUT2D eigenvalue weighted by molar-refractivity contribution is 6.14. The van der Waals surface area contributed by atoms with Gasteiger partial charge in [0.1, 0.15) is 0 Å². The zero-order valence-electron chi connectivity index (χ0n) is 29.1. The number of aromatic nitrogens is 3. The van der Waals surface area contributed by atoms with Crippen molar-refractivity contribution >= 4 is 21.5 Å². The molecule has 3 nitrogen and oxygen atoms in total. The zero-order valence-corrected chi connectivity index (χ0v) is 29.1. The molecule has 0 saturated heterocycles. The number of hydrogen-bond donors (Lipinski definition) is 0. The van der Waals surface area contributed by atoms with E-state index < -0.39 is 0 Å². The van der Waals surface area contributed by atoms with Gasteiger partial charge in [-0.1, -0.05) is 127 Å². The number of aryl methyl sites for hydroxylation is 2. The molecule has 3 heteroatoms. The predicted molar refractivity (Wildman–Crippen MR) is 217 cm³/mol. The van der Waals surface area contributed by atoms with Gasteiger partial charge in [0, 0.05) is 28.1 Å². The lowest BCUT2D eigenvalue weighted by Crippen LogP contribution is -1.97. The zero-order chi connectivity index (χ0) is 35.0. The van der Waals surface area contributed by atoms with Gasteiger partial charge >= 0.3 is 0 Å². The molecule has 9 rings (SSSR count). The fraction of sp³-hybridized carbons (Fsp3) is 0.0408. The Morgan fingerprint density at radius 1 is 0.308 bits per heavy atom. The topological polar surface area (TPSA) is 38.7 Å². The molecule has 0 fully saturated rings. The van der Waals surface area contributed by atoms with E-state index in [0.717, 1.165) is 61.7 Å². The van der Waals surface area contributed by atoms with E-state index in [2.05, 4.69) is 178 Å². The van der Waals surface area contributed by atoms with Crippen LogP contribution in [-0.2, 0) is 0 Å². The van der Waals surface area contributed by atoms with Crippen LogP contribution in [0.1, 0.15) is 11.4 Å². The van der Waals surface area contributed by atoms with Crippen molar-refractivity contribution in [3.05, 3.63) is 187 Å². The Balaban J connectivity index is 1.30. The first-order valence-electron chi connectivity index (χ1n) is 17.7. The minimum atomic E-state index is 0.678. The van der Waals surface area contributed by atoms with Gasteiger partial charge in [-0.05, 0) is 117 Å². The molecule has 0 atom stereocenters. The molecule has 0 radical (unpaired) electrons. The summed E-state index contributed by atoms with van der Waals surface area (Å²) in [6, 6.07) is 62.4. The second-order valence-electron chi connectivity index (χ2n) is 13.4. The summed E-state index contributed by atoms with van der Waals surface area (Å²) >= 11 is 0. The van der Waals surface area contributed by atoms with Crippen LogP contribution >= 0.6 is 0 Å². The molecule has 0 aliphatic heterocycles. The fourth-order valence-electron chi connectivity index (χ4n) is 7.34. The van der Waals surface area contributed by atoms with Gasteiger partial charge in [0.25, 0.3) is 0 Å². The SMILES string of the molecule is Cc1cc(-c2cc(-c3nc(-c4ccccc4)cc(-c4cccc(-c5ccccc5)c4)n3)cc(-c3cc4ccccc4c4ccccc34)c2)cc(C)n1. The van der Waals surface area contributed by atoms with Crippen molar-refractivity contribution in [1.29, 1.82) is 0 Å². The normalized spacial score (nSPS) is 11.3. The molecule has 246 valence electrons. The lowest BCUT2D eigenvalue weighted by molar-refractivity contribution is 1.12. The monoisotopic (exact) mass is 665 g/mol. The highest BCUT2D eigenvalue weighted by Crippen LogP contribution is 2.39. The second-order valence-corrected chi connectivity index (χ2v) is 13.4. The smallest absolute Gasteiger partial charge is 0.160 e. The van der Waals surface area contributed by atoms with Gasteiger partial charge < -0.3 is 0 Å². The van der Waals surface area contributed by atoms with Crippen LogP contribution in [0, 0.1) is 13.8 Å². The minimum absolute atomic E-state index is 0.678. The van der Waals surface area contributed by atoms with Crippen molar-refractivity contribution in [2.45, 2.75) is 13.8 Å². The largest absolute Gasteiger partial charge is 0.258 e. The molecule has 0 unspecified atom stereocenters. The Labute approximate surface area is 304 Å². The van der Waals surface area contributed by atoms with Crippen LogP contribution in [0.3, 0.4) is 0 Å². The second kappa shape index (κ2) is 13.2. The summed E-state index contributed by atoms with van der Waals surface area (Å²) in [5.41, 5.74) is 13.6.